The summed E-state index contributed by atoms with van der Waals surface area (Å²) >= 11 is 3.69. The summed E-state index contributed by atoms with van der Waals surface area (Å²) in [5, 5.41) is 4.80. The van der Waals surface area contributed by atoms with Crippen molar-refractivity contribution in [2.24, 2.45) is 0 Å². The third-order valence-electron chi connectivity index (χ3n) is 2.85. The maximum Gasteiger partial charge on any atom is 0.0900 e. The Bertz CT molecular complexity index is 514. The zero-order valence-electron chi connectivity index (χ0n) is 11.4. The van der Waals surface area contributed by atoms with Crippen molar-refractivity contribution in [3.05, 3.63) is 37.5 Å². The van der Waals surface area contributed by atoms with Gasteiger partial charge in [-0.1, -0.05) is 6.92 Å². The van der Waals surface area contributed by atoms with Crippen LogP contribution < -0.4 is 5.32 Å². The number of hydrogen-bond donors (Lipinski definition) is 1. The molecule has 0 saturated heterocycles. The van der Waals surface area contributed by atoms with Gasteiger partial charge in [-0.05, 0) is 45.9 Å². The smallest absolute Gasteiger partial charge is 0.0900 e. The van der Waals surface area contributed by atoms with E-state index in [9.17, 15) is 0 Å². The molecular weight excluding hydrogens is 260 g/mol. The van der Waals surface area contributed by atoms with Gasteiger partial charge in [0.1, 0.15) is 0 Å². The Morgan fingerprint density at radius 2 is 2.00 bits per heavy atom. The number of hydrogen-bond acceptors (Lipinski definition) is 4. The van der Waals surface area contributed by atoms with E-state index in [1.165, 1.54) is 14.6 Å². The van der Waals surface area contributed by atoms with Crippen molar-refractivity contribution in [3.63, 3.8) is 0 Å². The van der Waals surface area contributed by atoms with E-state index >= 15 is 0 Å². The Balaban J connectivity index is 2.33. The van der Waals surface area contributed by atoms with Crippen LogP contribution in [0.3, 0.4) is 0 Å². The standard InChI is InChI=1S/C14H20N2S2/c1-5-8-15-13(12-7-6-9(2)17-12)14-10(3)16-11(4)18-14/h6-7,13,15H,5,8H2,1-4H3. The molecule has 0 saturated carbocycles. The molecule has 98 valence electrons. The van der Waals surface area contributed by atoms with Crippen molar-refractivity contribution in [1.29, 1.82) is 0 Å². The van der Waals surface area contributed by atoms with Gasteiger partial charge in [-0.15, -0.1) is 22.7 Å². The molecule has 0 aliphatic heterocycles. The summed E-state index contributed by atoms with van der Waals surface area (Å²) in [5.41, 5.74) is 1.16. The number of rotatable bonds is 5. The largest absolute Gasteiger partial charge is 0.305 e. The van der Waals surface area contributed by atoms with Crippen molar-refractivity contribution in [3.8, 4) is 0 Å². The average molecular weight is 280 g/mol. The first kappa shape index (κ1) is 13.7. The van der Waals surface area contributed by atoms with E-state index in [4.69, 9.17) is 0 Å². The summed E-state index contributed by atoms with van der Waals surface area (Å²) in [6, 6.07) is 4.75. The Morgan fingerprint density at radius 1 is 1.22 bits per heavy atom. The molecule has 0 aliphatic carbocycles. The highest BCUT2D eigenvalue weighted by molar-refractivity contribution is 7.13. The van der Waals surface area contributed by atoms with Crippen molar-refractivity contribution in [2.45, 2.75) is 40.2 Å². The lowest BCUT2D eigenvalue weighted by molar-refractivity contribution is 0.610. The van der Waals surface area contributed by atoms with Gasteiger partial charge in [0.25, 0.3) is 0 Å². The summed E-state index contributed by atoms with van der Waals surface area (Å²) in [6.07, 6.45) is 1.15. The van der Waals surface area contributed by atoms with Crippen LogP contribution in [-0.2, 0) is 0 Å². The Labute approximate surface area is 117 Å². The van der Waals surface area contributed by atoms with Gasteiger partial charge in [0, 0.05) is 14.6 Å². The molecule has 0 aliphatic rings. The second-order valence-corrected chi connectivity index (χ2v) is 7.07. The lowest BCUT2D eigenvalue weighted by Gasteiger charge is -2.16. The zero-order valence-corrected chi connectivity index (χ0v) is 13.0. The molecule has 1 unspecified atom stereocenters. The van der Waals surface area contributed by atoms with E-state index in [1.807, 2.05) is 22.7 Å². The van der Waals surface area contributed by atoms with E-state index < -0.39 is 0 Å². The van der Waals surface area contributed by atoms with Gasteiger partial charge in [0.05, 0.1) is 16.7 Å². The highest BCUT2D eigenvalue weighted by Gasteiger charge is 2.20. The minimum Gasteiger partial charge on any atom is -0.305 e. The molecule has 2 rings (SSSR count). The Morgan fingerprint density at radius 3 is 2.50 bits per heavy atom. The molecule has 2 nitrogen and oxygen atoms in total. The first-order valence-corrected chi connectivity index (χ1v) is 7.98. The number of thiophene rings is 1. The second kappa shape index (κ2) is 5.95. The molecule has 0 bridgehead atoms. The highest BCUT2D eigenvalue weighted by atomic mass is 32.1. The monoisotopic (exact) mass is 280 g/mol. The lowest BCUT2D eigenvalue weighted by atomic mass is 10.1. The maximum absolute atomic E-state index is 4.56. The van der Waals surface area contributed by atoms with Crippen LogP contribution in [0.4, 0.5) is 0 Å². The number of nitrogens with one attached hydrogen (secondary N) is 1. The maximum atomic E-state index is 4.56. The van der Waals surface area contributed by atoms with Crippen LogP contribution in [0.1, 0.15) is 44.7 Å². The van der Waals surface area contributed by atoms with E-state index in [2.05, 4.69) is 50.1 Å². The van der Waals surface area contributed by atoms with Gasteiger partial charge in [-0.3, -0.25) is 0 Å². The van der Waals surface area contributed by atoms with Crippen LogP contribution >= 0.6 is 22.7 Å². The van der Waals surface area contributed by atoms with Crippen LogP contribution in [0, 0.1) is 20.8 Å². The number of aryl methyl sites for hydroxylation is 3. The number of nitrogens with zero attached hydrogens (tertiary/aromatic N) is 1. The van der Waals surface area contributed by atoms with Gasteiger partial charge in [-0.25, -0.2) is 4.98 Å². The predicted octanol–water partition coefficient (Wildman–Crippen LogP) is 4.22. The van der Waals surface area contributed by atoms with Crippen molar-refractivity contribution in [2.75, 3.05) is 6.54 Å². The quantitative estimate of drug-likeness (QED) is 0.887. The molecule has 1 N–H and O–H groups in total. The first-order chi connectivity index (χ1) is 8.61. The molecule has 0 radical (unpaired) electrons. The summed E-state index contributed by atoms with van der Waals surface area (Å²) in [6.45, 7) is 9.60. The molecule has 18 heavy (non-hydrogen) atoms. The SMILES string of the molecule is CCCNC(c1ccc(C)s1)c1sc(C)nc1C. The van der Waals surface area contributed by atoms with E-state index in [0.717, 1.165) is 23.7 Å². The summed E-state index contributed by atoms with van der Waals surface area (Å²) in [4.78, 5) is 8.68. The van der Waals surface area contributed by atoms with Crippen LogP contribution in [0.5, 0.6) is 0 Å². The predicted molar refractivity (Wildman–Crippen MR) is 80.8 cm³/mol. The van der Waals surface area contributed by atoms with Crippen LogP contribution in [0.2, 0.25) is 0 Å². The summed E-state index contributed by atoms with van der Waals surface area (Å²) in [7, 11) is 0. The molecule has 4 heteroatoms. The average Bonchev–Trinajstić information content (AvgIpc) is 2.87. The summed E-state index contributed by atoms with van der Waals surface area (Å²) < 4.78 is 0. The summed E-state index contributed by atoms with van der Waals surface area (Å²) in [5.74, 6) is 0. The Hall–Kier alpha value is -0.710. The minimum absolute atomic E-state index is 0.315. The van der Waals surface area contributed by atoms with Crippen LogP contribution in [0.25, 0.3) is 0 Å². The fraction of sp³-hybridized carbons (Fsp3) is 0.500. The van der Waals surface area contributed by atoms with Gasteiger partial charge in [0.15, 0.2) is 0 Å². The fourth-order valence-electron chi connectivity index (χ4n) is 2.03. The molecule has 1 atom stereocenters. The number of aromatic nitrogens is 1. The zero-order chi connectivity index (χ0) is 13.1. The van der Waals surface area contributed by atoms with E-state index in [0.29, 0.717) is 6.04 Å². The van der Waals surface area contributed by atoms with Crippen LogP contribution in [-0.4, -0.2) is 11.5 Å². The lowest BCUT2D eigenvalue weighted by Crippen LogP contribution is -2.22. The van der Waals surface area contributed by atoms with E-state index in [-0.39, 0.29) is 0 Å². The molecule has 2 heterocycles. The topological polar surface area (TPSA) is 24.9 Å². The van der Waals surface area contributed by atoms with E-state index in [1.54, 1.807) is 0 Å². The molecule has 0 fully saturated rings. The molecule has 0 aromatic carbocycles. The second-order valence-electron chi connectivity index (χ2n) is 4.52. The molecule has 0 amide bonds. The number of thiazole rings is 1. The van der Waals surface area contributed by atoms with Gasteiger partial charge < -0.3 is 5.32 Å². The third-order valence-corrected chi connectivity index (χ3v) is 5.05. The minimum atomic E-state index is 0.315. The van der Waals surface area contributed by atoms with Gasteiger partial charge >= 0.3 is 0 Å². The van der Waals surface area contributed by atoms with Crippen molar-refractivity contribution >= 4 is 22.7 Å². The van der Waals surface area contributed by atoms with Gasteiger partial charge in [0.2, 0.25) is 0 Å². The van der Waals surface area contributed by atoms with Crippen molar-refractivity contribution < 1.29 is 0 Å². The molecule has 2 aromatic heterocycles. The van der Waals surface area contributed by atoms with Crippen LogP contribution in [0.15, 0.2) is 12.1 Å². The molecule has 2 aromatic rings. The van der Waals surface area contributed by atoms with Crippen molar-refractivity contribution in [1.82, 2.24) is 10.3 Å². The third kappa shape index (κ3) is 2.99. The first-order valence-electron chi connectivity index (χ1n) is 6.35. The molecule has 0 spiro atoms. The Kier molecular flexibility index (Phi) is 4.54. The fourth-order valence-corrected chi connectivity index (χ4v) is 4.09. The highest BCUT2D eigenvalue weighted by Crippen LogP contribution is 2.33. The molecular formula is C14H20N2S2. The van der Waals surface area contributed by atoms with Gasteiger partial charge in [-0.2, -0.15) is 0 Å². The normalized spacial score (nSPS) is 12.9.